The number of likely N-dealkylation sites (N-methyl/N-ethyl adjacent to an activating group) is 1. The third-order valence-electron chi connectivity index (χ3n) is 6.22. The lowest BCUT2D eigenvalue weighted by Gasteiger charge is -2.42. The highest BCUT2D eigenvalue weighted by Crippen LogP contribution is 2.37. The molecule has 1 unspecified atom stereocenters. The molecule has 8 nitrogen and oxygen atoms in total. The molecule has 0 radical (unpaired) electrons. The quantitative estimate of drug-likeness (QED) is 0.477. The van der Waals surface area contributed by atoms with Crippen LogP contribution < -0.4 is 16.2 Å². The van der Waals surface area contributed by atoms with Gasteiger partial charge in [0.15, 0.2) is 0 Å². The first kappa shape index (κ1) is 25.5. The minimum Gasteiger partial charge on any atom is -0.355 e. The summed E-state index contributed by atoms with van der Waals surface area (Å²) in [7, 11) is 0. The van der Waals surface area contributed by atoms with Crippen molar-refractivity contribution in [1.29, 1.82) is 0 Å². The number of amides is 3. The summed E-state index contributed by atoms with van der Waals surface area (Å²) >= 11 is 0. The number of piperazine rings is 1. The van der Waals surface area contributed by atoms with Crippen LogP contribution in [0, 0.1) is 5.92 Å². The van der Waals surface area contributed by atoms with Gasteiger partial charge in [0.1, 0.15) is 0 Å². The summed E-state index contributed by atoms with van der Waals surface area (Å²) in [5, 5.41) is 2.76. The van der Waals surface area contributed by atoms with Gasteiger partial charge in [-0.05, 0) is 57.6 Å². The first-order valence-electron chi connectivity index (χ1n) is 12.1. The van der Waals surface area contributed by atoms with Crippen LogP contribution in [0.3, 0.4) is 0 Å². The summed E-state index contributed by atoms with van der Waals surface area (Å²) in [6, 6.07) is -0.147. The molecule has 34 heavy (non-hydrogen) atoms. The van der Waals surface area contributed by atoms with Gasteiger partial charge in [0.25, 0.3) is 0 Å². The van der Waals surface area contributed by atoms with Crippen molar-refractivity contribution < 1.29 is 14.4 Å². The number of carbonyl (C=O) groups is 3. The summed E-state index contributed by atoms with van der Waals surface area (Å²) in [5.41, 5.74) is 9.85. The van der Waals surface area contributed by atoms with Gasteiger partial charge in [0, 0.05) is 37.2 Å². The number of rotatable bonds is 8. The van der Waals surface area contributed by atoms with E-state index in [2.05, 4.69) is 35.4 Å². The lowest BCUT2D eigenvalue weighted by Crippen LogP contribution is -2.52. The zero-order chi connectivity index (χ0) is 24.8. The molecule has 8 heteroatoms. The molecule has 1 saturated carbocycles. The highest BCUT2D eigenvalue weighted by atomic mass is 16.2. The molecule has 1 atom stereocenters. The predicted molar refractivity (Wildman–Crippen MR) is 133 cm³/mol. The van der Waals surface area contributed by atoms with Crippen LogP contribution in [0.1, 0.15) is 52.9 Å². The molecule has 3 rings (SSSR count). The Morgan fingerprint density at radius 2 is 2.00 bits per heavy atom. The first-order chi connectivity index (χ1) is 16.2. The van der Waals surface area contributed by atoms with Gasteiger partial charge in [-0.1, -0.05) is 25.3 Å². The fourth-order valence-electron chi connectivity index (χ4n) is 4.41. The Morgan fingerprint density at radius 3 is 2.65 bits per heavy atom. The lowest BCUT2D eigenvalue weighted by atomic mass is 9.99. The third kappa shape index (κ3) is 6.05. The van der Waals surface area contributed by atoms with E-state index in [0.717, 1.165) is 43.4 Å². The molecular formula is C26H37N5O3. The maximum Gasteiger partial charge on any atom is 0.235 e. The van der Waals surface area contributed by atoms with Gasteiger partial charge >= 0.3 is 0 Å². The van der Waals surface area contributed by atoms with Gasteiger partial charge in [-0.25, -0.2) is 5.43 Å². The molecule has 3 N–H and O–H groups in total. The third-order valence-corrected chi connectivity index (χ3v) is 6.22. The van der Waals surface area contributed by atoms with Gasteiger partial charge in [0.2, 0.25) is 17.7 Å². The van der Waals surface area contributed by atoms with Crippen LogP contribution in [0.2, 0.25) is 0 Å². The van der Waals surface area contributed by atoms with Gasteiger partial charge in [-0.15, -0.1) is 0 Å². The molecular weight excluding hydrogens is 430 g/mol. The fourth-order valence-corrected chi connectivity index (χ4v) is 4.41. The van der Waals surface area contributed by atoms with Crippen molar-refractivity contribution in [1.82, 2.24) is 26.0 Å². The minimum absolute atomic E-state index is 0.0493. The van der Waals surface area contributed by atoms with E-state index in [1.807, 2.05) is 26.0 Å². The molecule has 0 aromatic rings. The van der Waals surface area contributed by atoms with Crippen LogP contribution in [0.25, 0.3) is 0 Å². The largest absolute Gasteiger partial charge is 0.355 e. The minimum atomic E-state index is -0.147. The van der Waals surface area contributed by atoms with E-state index in [-0.39, 0.29) is 36.2 Å². The Bertz CT molecular complexity index is 957. The summed E-state index contributed by atoms with van der Waals surface area (Å²) in [6.07, 6.45) is 10.5. The predicted octanol–water partition coefficient (Wildman–Crippen LogP) is 2.65. The molecule has 2 aliphatic carbocycles. The lowest BCUT2D eigenvalue weighted by molar-refractivity contribution is -0.136. The Labute approximate surface area is 202 Å². The second-order valence-corrected chi connectivity index (χ2v) is 9.08. The second kappa shape index (κ2) is 11.3. The molecule has 3 amide bonds. The van der Waals surface area contributed by atoms with E-state index in [1.54, 1.807) is 9.80 Å². The highest BCUT2D eigenvalue weighted by molar-refractivity contribution is 5.85. The summed E-state index contributed by atoms with van der Waals surface area (Å²) in [4.78, 5) is 40.6. The van der Waals surface area contributed by atoms with E-state index in [9.17, 15) is 14.4 Å². The number of hydrazine groups is 1. The van der Waals surface area contributed by atoms with Crippen molar-refractivity contribution in [2.45, 2.75) is 58.9 Å². The van der Waals surface area contributed by atoms with Crippen molar-refractivity contribution in [3.05, 3.63) is 59.6 Å². The summed E-state index contributed by atoms with van der Waals surface area (Å²) in [6.45, 7) is 15.0. The Hall–Kier alpha value is -3.13. The molecule has 1 aliphatic heterocycles. The number of carbonyl (C=O) groups excluding carboxylic acids is 3. The molecule has 2 fully saturated rings. The average Bonchev–Trinajstić information content (AvgIpc) is 3.62. The molecule has 0 spiro atoms. The fraction of sp³-hybridized carbons (Fsp3) is 0.500. The van der Waals surface area contributed by atoms with Crippen LogP contribution in [0.15, 0.2) is 59.6 Å². The molecule has 0 aromatic carbocycles. The van der Waals surface area contributed by atoms with Crippen LogP contribution in [0.4, 0.5) is 0 Å². The first-order valence-corrected chi connectivity index (χ1v) is 12.1. The van der Waals surface area contributed by atoms with Gasteiger partial charge in [-0.2, -0.15) is 0 Å². The molecule has 1 heterocycles. The zero-order valence-electron chi connectivity index (χ0n) is 20.6. The van der Waals surface area contributed by atoms with Gasteiger partial charge in [-0.3, -0.25) is 14.4 Å². The van der Waals surface area contributed by atoms with E-state index in [1.165, 1.54) is 6.92 Å². The average molecular weight is 468 g/mol. The molecule has 184 valence electrons. The van der Waals surface area contributed by atoms with E-state index < -0.39 is 0 Å². The zero-order valence-corrected chi connectivity index (χ0v) is 20.6. The summed E-state index contributed by atoms with van der Waals surface area (Å²) in [5.74, 6) is -0.0534. The van der Waals surface area contributed by atoms with Crippen molar-refractivity contribution in [2.24, 2.45) is 5.92 Å². The van der Waals surface area contributed by atoms with Crippen LogP contribution in [-0.2, 0) is 14.4 Å². The van der Waals surface area contributed by atoms with Crippen molar-refractivity contribution in [3.8, 4) is 0 Å². The maximum atomic E-state index is 13.1. The topological polar surface area (TPSA) is 93.8 Å². The maximum absolute atomic E-state index is 13.1. The van der Waals surface area contributed by atoms with Crippen molar-refractivity contribution in [3.63, 3.8) is 0 Å². The number of nitrogens with one attached hydrogen (secondary N) is 3. The Kier molecular flexibility index (Phi) is 8.50. The molecule has 1 saturated heterocycles. The second-order valence-electron chi connectivity index (χ2n) is 9.08. The number of hydrogen-bond donors (Lipinski definition) is 3. The number of allylic oxidation sites excluding steroid dienone is 6. The van der Waals surface area contributed by atoms with Crippen molar-refractivity contribution >= 4 is 17.7 Å². The van der Waals surface area contributed by atoms with E-state index >= 15 is 0 Å². The normalized spacial score (nSPS) is 22.0. The van der Waals surface area contributed by atoms with Gasteiger partial charge < -0.3 is 20.5 Å². The number of hydrogen-bond acceptors (Lipinski definition) is 5. The standard InChI is InChI=1S/C26H37N5O3/c1-6-27-25(33)15-28-29-23-11-9-7-8-10-22(23)17(2)14-24-19(4)31(20(5)32)18(3)16-30(24)26(34)21-12-13-21/h8,10,14,18,21,28-29H,2,4,6-7,9,11-13,15-16H2,1,3,5H3,(H,27,33)/b24-14+. The van der Waals surface area contributed by atoms with E-state index in [4.69, 9.17) is 0 Å². The molecule has 0 aromatic heterocycles. The monoisotopic (exact) mass is 467 g/mol. The molecule has 0 bridgehead atoms. The summed E-state index contributed by atoms with van der Waals surface area (Å²) < 4.78 is 0. The molecule has 3 aliphatic rings. The van der Waals surface area contributed by atoms with Crippen LogP contribution >= 0.6 is 0 Å². The Morgan fingerprint density at radius 1 is 1.26 bits per heavy atom. The van der Waals surface area contributed by atoms with Crippen molar-refractivity contribution in [2.75, 3.05) is 19.6 Å². The van der Waals surface area contributed by atoms with Crippen LogP contribution in [-0.4, -0.2) is 53.2 Å². The number of nitrogens with zero attached hydrogens (tertiary/aromatic N) is 2. The highest BCUT2D eigenvalue weighted by Gasteiger charge is 2.40. The smallest absolute Gasteiger partial charge is 0.235 e. The Balaban J connectivity index is 1.90. The van der Waals surface area contributed by atoms with Gasteiger partial charge in [0.05, 0.1) is 24.0 Å². The SMILES string of the molecule is C=C(/C=C1\C(=C)N(C(C)=O)C(C)CN1C(=O)C1CC1)C1=C(NNCC(=O)NCC)CCCC=C1. The van der Waals surface area contributed by atoms with E-state index in [0.29, 0.717) is 30.1 Å². The van der Waals surface area contributed by atoms with Crippen LogP contribution in [0.5, 0.6) is 0 Å².